The van der Waals surface area contributed by atoms with E-state index < -0.39 is 0 Å². The van der Waals surface area contributed by atoms with E-state index in [1.165, 1.54) is 6.42 Å². The highest BCUT2D eigenvalue weighted by Gasteiger charge is 1.97. The minimum Gasteiger partial charge on any atom is -0.103 e. The van der Waals surface area contributed by atoms with Crippen molar-refractivity contribution in [2.45, 2.75) is 26.2 Å². The van der Waals surface area contributed by atoms with Gasteiger partial charge in [0.25, 0.3) is 0 Å². The third-order valence-corrected chi connectivity index (χ3v) is 1.49. The molecule has 0 spiro atoms. The zero-order valence-electron chi connectivity index (χ0n) is 5.69. The predicted octanol–water partition coefficient (Wildman–Crippen LogP) is 2.81. The number of rotatable bonds is 4. The van der Waals surface area contributed by atoms with Gasteiger partial charge in [-0.15, -0.1) is 6.58 Å². The monoisotopic (exact) mass is 111 g/mol. The highest BCUT2D eigenvalue weighted by Crippen LogP contribution is 2.11. The molecule has 0 bridgehead atoms. The van der Waals surface area contributed by atoms with Gasteiger partial charge in [-0.25, -0.2) is 0 Å². The first-order chi connectivity index (χ1) is 3.85. The molecule has 0 aliphatic rings. The molecule has 0 aromatic heterocycles. The molecule has 0 nitrogen and oxygen atoms in total. The maximum Gasteiger partial charge on any atom is -0.0325 e. The van der Waals surface area contributed by atoms with Gasteiger partial charge in [0.1, 0.15) is 0 Å². The van der Waals surface area contributed by atoms with Crippen LogP contribution in [0.3, 0.4) is 0 Å². The van der Waals surface area contributed by atoms with Gasteiger partial charge in [0.15, 0.2) is 0 Å². The molecule has 1 unspecified atom stereocenters. The van der Waals surface area contributed by atoms with Crippen molar-refractivity contribution >= 4 is 0 Å². The summed E-state index contributed by atoms with van der Waals surface area (Å²) in [6, 6.07) is 0. The first-order valence-electron chi connectivity index (χ1n) is 3.25. The third kappa shape index (κ3) is 2.84. The average molecular weight is 111 g/mol. The molecule has 0 saturated carbocycles. The highest BCUT2D eigenvalue weighted by atomic mass is 14.0. The van der Waals surface area contributed by atoms with Crippen LogP contribution in [0.5, 0.6) is 0 Å². The van der Waals surface area contributed by atoms with Gasteiger partial charge in [0, 0.05) is 0 Å². The summed E-state index contributed by atoms with van der Waals surface area (Å²) < 4.78 is 0. The third-order valence-electron chi connectivity index (χ3n) is 1.49. The molecule has 47 valence electrons. The van der Waals surface area contributed by atoms with Gasteiger partial charge in [-0.3, -0.25) is 0 Å². The summed E-state index contributed by atoms with van der Waals surface area (Å²) in [5, 5.41) is 0. The smallest absolute Gasteiger partial charge is 0.0325 e. The SMILES string of the molecule is [CH2]CC(CC)CC=C. The molecule has 0 aromatic carbocycles. The van der Waals surface area contributed by atoms with E-state index in [2.05, 4.69) is 20.4 Å². The minimum absolute atomic E-state index is 0.771. The molecule has 0 heteroatoms. The molecule has 0 saturated heterocycles. The molecule has 0 aliphatic heterocycles. The summed E-state index contributed by atoms with van der Waals surface area (Å²) in [7, 11) is 0. The first-order valence-corrected chi connectivity index (χ1v) is 3.25. The molecular formula is C8H15. The molecule has 0 amide bonds. The average Bonchev–Trinajstić information content (AvgIpc) is 1.83. The molecule has 0 N–H and O–H groups in total. The van der Waals surface area contributed by atoms with E-state index in [1.54, 1.807) is 0 Å². The van der Waals surface area contributed by atoms with Crippen LogP contribution in [0.25, 0.3) is 0 Å². The Labute approximate surface area is 52.6 Å². The van der Waals surface area contributed by atoms with Crippen LogP contribution in [0.1, 0.15) is 26.2 Å². The largest absolute Gasteiger partial charge is 0.103 e. The summed E-state index contributed by atoms with van der Waals surface area (Å²) >= 11 is 0. The summed E-state index contributed by atoms with van der Waals surface area (Å²) in [6.45, 7) is 9.69. The lowest BCUT2D eigenvalue weighted by atomic mass is 10.00. The summed E-state index contributed by atoms with van der Waals surface area (Å²) in [6.07, 6.45) is 5.37. The Bertz CT molecular complexity index is 51.1. The Morgan fingerprint density at radius 3 is 2.38 bits per heavy atom. The molecule has 0 fully saturated rings. The van der Waals surface area contributed by atoms with E-state index in [9.17, 15) is 0 Å². The lowest BCUT2D eigenvalue weighted by Crippen LogP contribution is -1.92. The van der Waals surface area contributed by atoms with E-state index in [0.717, 1.165) is 18.8 Å². The second kappa shape index (κ2) is 4.89. The Morgan fingerprint density at radius 1 is 1.62 bits per heavy atom. The van der Waals surface area contributed by atoms with Crippen LogP contribution >= 0.6 is 0 Å². The Morgan fingerprint density at radius 2 is 2.25 bits per heavy atom. The van der Waals surface area contributed by atoms with Gasteiger partial charge in [-0.1, -0.05) is 32.8 Å². The molecule has 1 atom stereocenters. The maximum absolute atomic E-state index is 3.83. The van der Waals surface area contributed by atoms with Gasteiger partial charge in [0.05, 0.1) is 0 Å². The fourth-order valence-corrected chi connectivity index (χ4v) is 0.724. The Kier molecular flexibility index (Phi) is 4.73. The van der Waals surface area contributed by atoms with Crippen LogP contribution in [0.2, 0.25) is 0 Å². The van der Waals surface area contributed by atoms with Crippen molar-refractivity contribution in [1.82, 2.24) is 0 Å². The van der Waals surface area contributed by atoms with E-state index in [1.807, 2.05) is 6.08 Å². The molecule has 8 heavy (non-hydrogen) atoms. The van der Waals surface area contributed by atoms with Crippen LogP contribution in [0, 0.1) is 12.8 Å². The van der Waals surface area contributed by atoms with Crippen molar-refractivity contribution in [2.75, 3.05) is 0 Å². The quantitative estimate of drug-likeness (QED) is 0.489. The number of hydrogen-bond donors (Lipinski definition) is 0. The second-order valence-electron chi connectivity index (χ2n) is 2.09. The van der Waals surface area contributed by atoms with E-state index in [0.29, 0.717) is 0 Å². The van der Waals surface area contributed by atoms with Crippen molar-refractivity contribution in [2.24, 2.45) is 5.92 Å². The topological polar surface area (TPSA) is 0 Å². The van der Waals surface area contributed by atoms with Crippen molar-refractivity contribution in [3.8, 4) is 0 Å². The molecule has 0 rings (SSSR count). The summed E-state index contributed by atoms with van der Waals surface area (Å²) in [5.74, 6) is 0.771. The fourth-order valence-electron chi connectivity index (χ4n) is 0.724. The highest BCUT2D eigenvalue weighted by molar-refractivity contribution is 4.72. The van der Waals surface area contributed by atoms with Gasteiger partial charge >= 0.3 is 0 Å². The van der Waals surface area contributed by atoms with Crippen LogP contribution in [0.4, 0.5) is 0 Å². The summed E-state index contributed by atoms with van der Waals surface area (Å²) in [4.78, 5) is 0. The summed E-state index contributed by atoms with van der Waals surface area (Å²) in [5.41, 5.74) is 0. The van der Waals surface area contributed by atoms with Gasteiger partial charge in [0.2, 0.25) is 0 Å². The van der Waals surface area contributed by atoms with Crippen LogP contribution < -0.4 is 0 Å². The standard InChI is InChI=1S/C8H15/c1-4-7-8(5-2)6-3/h4,8H,1-2,5-7H2,3H3. The first kappa shape index (κ1) is 7.74. The fraction of sp³-hybridized carbons (Fsp3) is 0.625. The maximum atomic E-state index is 3.83. The van der Waals surface area contributed by atoms with Crippen LogP contribution in [-0.2, 0) is 0 Å². The number of allylic oxidation sites excluding steroid dienone is 1. The molecule has 1 radical (unpaired) electrons. The van der Waals surface area contributed by atoms with E-state index in [4.69, 9.17) is 0 Å². The number of hydrogen-bond acceptors (Lipinski definition) is 0. The molecule has 0 heterocycles. The van der Waals surface area contributed by atoms with Gasteiger partial charge in [-0.2, -0.15) is 0 Å². The zero-order valence-corrected chi connectivity index (χ0v) is 5.69. The van der Waals surface area contributed by atoms with Gasteiger partial charge in [-0.05, 0) is 12.3 Å². The van der Waals surface area contributed by atoms with E-state index >= 15 is 0 Å². The van der Waals surface area contributed by atoms with Crippen LogP contribution in [0.15, 0.2) is 12.7 Å². The molecular weight excluding hydrogens is 96.1 g/mol. The van der Waals surface area contributed by atoms with Crippen molar-refractivity contribution < 1.29 is 0 Å². The lowest BCUT2D eigenvalue weighted by molar-refractivity contribution is 0.523. The van der Waals surface area contributed by atoms with Crippen LogP contribution in [-0.4, -0.2) is 0 Å². The predicted molar refractivity (Wildman–Crippen MR) is 38.6 cm³/mol. The lowest BCUT2D eigenvalue weighted by Gasteiger charge is -2.06. The Balaban J connectivity index is 3.20. The van der Waals surface area contributed by atoms with E-state index in [-0.39, 0.29) is 0 Å². The molecule has 0 aliphatic carbocycles. The van der Waals surface area contributed by atoms with Crippen molar-refractivity contribution in [3.05, 3.63) is 19.6 Å². The van der Waals surface area contributed by atoms with Gasteiger partial charge < -0.3 is 0 Å². The molecule has 0 aromatic rings. The normalized spacial score (nSPS) is 9.88. The Hall–Kier alpha value is -0.260. The zero-order chi connectivity index (χ0) is 6.41. The van der Waals surface area contributed by atoms with Crippen molar-refractivity contribution in [1.29, 1.82) is 0 Å². The minimum atomic E-state index is 0.771. The second-order valence-corrected chi connectivity index (χ2v) is 2.09. The van der Waals surface area contributed by atoms with Crippen molar-refractivity contribution in [3.63, 3.8) is 0 Å².